The molecule has 1 fully saturated rings. The molecule has 1 aromatic rings. The van der Waals surface area contributed by atoms with Gasteiger partial charge in [-0.2, -0.15) is 16.7 Å². The summed E-state index contributed by atoms with van der Waals surface area (Å²) in [6.45, 7) is 2.99. The van der Waals surface area contributed by atoms with Gasteiger partial charge in [-0.05, 0) is 19.1 Å². The normalized spacial score (nSPS) is 18.6. The Morgan fingerprint density at radius 1 is 1.52 bits per heavy atom. The average Bonchev–Trinajstić information content (AvgIpc) is 2.93. The van der Waals surface area contributed by atoms with Crippen LogP contribution in [0.5, 0.6) is 0 Å². The monoisotopic (exact) mass is 312 g/mol. The topological polar surface area (TPSA) is 88.3 Å². The zero-order chi connectivity index (χ0) is 15.2. The summed E-state index contributed by atoms with van der Waals surface area (Å²) in [5.41, 5.74) is 0. The van der Waals surface area contributed by atoms with Crippen molar-refractivity contribution >= 4 is 23.6 Å². The van der Waals surface area contributed by atoms with Crippen LogP contribution in [0, 0.1) is 5.92 Å². The second kappa shape index (κ2) is 7.44. The summed E-state index contributed by atoms with van der Waals surface area (Å²) >= 11 is 1.61. The van der Waals surface area contributed by atoms with E-state index in [4.69, 9.17) is 4.52 Å². The van der Waals surface area contributed by atoms with Crippen LogP contribution in [0.1, 0.15) is 31.5 Å². The maximum absolute atomic E-state index is 12.1. The molecular formula is C13H20N4O3S. The van der Waals surface area contributed by atoms with E-state index in [1.807, 2.05) is 6.26 Å². The first-order chi connectivity index (χ1) is 10.1. The number of carbonyl (C=O) groups excluding carboxylic acids is 2. The van der Waals surface area contributed by atoms with E-state index in [-0.39, 0.29) is 24.3 Å². The lowest BCUT2D eigenvalue weighted by atomic mass is 9.97. The molecule has 1 aliphatic heterocycles. The Labute approximate surface area is 127 Å². The number of piperidine rings is 1. The van der Waals surface area contributed by atoms with E-state index in [1.165, 1.54) is 6.92 Å². The highest BCUT2D eigenvalue weighted by atomic mass is 32.2. The SMILES string of the molecule is CSCc1noc(CNC(=O)C2CCCN(C(C)=O)C2)n1. The zero-order valence-electron chi connectivity index (χ0n) is 12.3. The molecular weight excluding hydrogens is 292 g/mol. The lowest BCUT2D eigenvalue weighted by Gasteiger charge is -2.31. The molecule has 1 aromatic heterocycles. The fourth-order valence-corrected chi connectivity index (χ4v) is 2.71. The number of hydrogen-bond acceptors (Lipinski definition) is 6. The number of thioether (sulfide) groups is 1. The van der Waals surface area contributed by atoms with Gasteiger partial charge in [0.05, 0.1) is 18.2 Å². The van der Waals surface area contributed by atoms with Crippen LogP contribution < -0.4 is 5.32 Å². The maximum atomic E-state index is 12.1. The Morgan fingerprint density at radius 2 is 2.33 bits per heavy atom. The number of carbonyl (C=O) groups is 2. The van der Waals surface area contributed by atoms with Crippen molar-refractivity contribution < 1.29 is 14.1 Å². The standard InChI is InChI=1S/C13H20N4O3S/c1-9(18)17-5-3-4-10(7-17)13(19)14-6-12-15-11(8-21-2)16-20-12/h10H,3-8H2,1-2H3,(H,14,19). The Morgan fingerprint density at radius 3 is 3.05 bits per heavy atom. The van der Waals surface area contributed by atoms with Gasteiger partial charge in [0.2, 0.25) is 17.7 Å². The summed E-state index contributed by atoms with van der Waals surface area (Å²) < 4.78 is 5.06. The third-order valence-electron chi connectivity index (χ3n) is 3.43. The van der Waals surface area contributed by atoms with E-state index in [9.17, 15) is 9.59 Å². The van der Waals surface area contributed by atoms with Crippen molar-refractivity contribution in [3.05, 3.63) is 11.7 Å². The van der Waals surface area contributed by atoms with Crippen molar-refractivity contribution in [2.24, 2.45) is 5.92 Å². The van der Waals surface area contributed by atoms with Gasteiger partial charge < -0.3 is 14.7 Å². The molecule has 1 N–H and O–H groups in total. The molecule has 1 unspecified atom stereocenters. The third kappa shape index (κ3) is 4.45. The Hall–Kier alpha value is -1.57. The summed E-state index contributed by atoms with van der Waals surface area (Å²) in [6.07, 6.45) is 3.62. The number of rotatable bonds is 5. The molecule has 0 aliphatic carbocycles. The number of likely N-dealkylation sites (tertiary alicyclic amines) is 1. The van der Waals surface area contributed by atoms with Gasteiger partial charge in [0.1, 0.15) is 0 Å². The Balaban J connectivity index is 1.82. The van der Waals surface area contributed by atoms with E-state index in [0.717, 1.165) is 19.4 Å². The summed E-state index contributed by atoms with van der Waals surface area (Å²) in [5, 5.41) is 6.62. The third-order valence-corrected chi connectivity index (χ3v) is 3.98. The molecule has 2 heterocycles. The molecule has 1 saturated heterocycles. The predicted octanol–water partition coefficient (Wildman–Crippen LogP) is 0.807. The van der Waals surface area contributed by atoms with E-state index >= 15 is 0 Å². The molecule has 21 heavy (non-hydrogen) atoms. The fraction of sp³-hybridized carbons (Fsp3) is 0.692. The van der Waals surface area contributed by atoms with E-state index in [2.05, 4.69) is 15.5 Å². The van der Waals surface area contributed by atoms with Crippen molar-refractivity contribution in [1.82, 2.24) is 20.4 Å². The first-order valence-corrected chi connectivity index (χ1v) is 8.33. The van der Waals surface area contributed by atoms with Gasteiger partial charge in [-0.1, -0.05) is 5.16 Å². The molecule has 8 heteroatoms. The highest BCUT2D eigenvalue weighted by Crippen LogP contribution is 2.16. The van der Waals surface area contributed by atoms with E-state index in [1.54, 1.807) is 16.7 Å². The summed E-state index contributed by atoms with van der Waals surface area (Å²) in [4.78, 5) is 29.4. The Kier molecular flexibility index (Phi) is 5.60. The van der Waals surface area contributed by atoms with Crippen LogP contribution in [0.2, 0.25) is 0 Å². The van der Waals surface area contributed by atoms with Gasteiger partial charge >= 0.3 is 0 Å². The smallest absolute Gasteiger partial charge is 0.246 e. The second-order valence-electron chi connectivity index (χ2n) is 5.06. The average molecular weight is 312 g/mol. The predicted molar refractivity (Wildman–Crippen MR) is 78.3 cm³/mol. The molecule has 2 amide bonds. The molecule has 1 atom stereocenters. The first kappa shape index (κ1) is 15.8. The molecule has 0 aromatic carbocycles. The van der Waals surface area contributed by atoms with Gasteiger partial charge in [0.25, 0.3) is 0 Å². The molecule has 116 valence electrons. The molecule has 7 nitrogen and oxygen atoms in total. The lowest BCUT2D eigenvalue weighted by Crippen LogP contribution is -2.44. The molecule has 0 radical (unpaired) electrons. The van der Waals surface area contributed by atoms with Crippen LogP contribution in [0.4, 0.5) is 0 Å². The van der Waals surface area contributed by atoms with E-state index in [0.29, 0.717) is 24.0 Å². The van der Waals surface area contributed by atoms with Gasteiger partial charge in [0, 0.05) is 20.0 Å². The molecule has 1 aliphatic rings. The molecule has 2 rings (SSSR count). The minimum atomic E-state index is -0.156. The van der Waals surface area contributed by atoms with E-state index < -0.39 is 0 Å². The lowest BCUT2D eigenvalue weighted by molar-refractivity contribution is -0.134. The van der Waals surface area contributed by atoms with Crippen LogP contribution in [0.15, 0.2) is 4.52 Å². The van der Waals surface area contributed by atoms with Gasteiger partial charge in [-0.15, -0.1) is 0 Å². The second-order valence-corrected chi connectivity index (χ2v) is 5.93. The highest BCUT2D eigenvalue weighted by molar-refractivity contribution is 7.97. The first-order valence-electron chi connectivity index (χ1n) is 6.93. The van der Waals surface area contributed by atoms with Crippen molar-refractivity contribution in [2.45, 2.75) is 32.1 Å². The molecule has 0 saturated carbocycles. The zero-order valence-corrected chi connectivity index (χ0v) is 13.1. The number of nitrogens with zero attached hydrogens (tertiary/aromatic N) is 3. The minimum absolute atomic E-state index is 0.0195. The summed E-state index contributed by atoms with van der Waals surface area (Å²) in [6, 6.07) is 0. The summed E-state index contributed by atoms with van der Waals surface area (Å²) in [5.74, 6) is 1.53. The number of hydrogen-bond donors (Lipinski definition) is 1. The highest BCUT2D eigenvalue weighted by Gasteiger charge is 2.27. The van der Waals surface area contributed by atoms with Gasteiger partial charge in [-0.25, -0.2) is 0 Å². The van der Waals surface area contributed by atoms with Gasteiger partial charge in [-0.3, -0.25) is 9.59 Å². The van der Waals surface area contributed by atoms with Crippen molar-refractivity contribution in [1.29, 1.82) is 0 Å². The largest absolute Gasteiger partial charge is 0.347 e. The molecule has 0 spiro atoms. The number of amides is 2. The Bertz CT molecular complexity index is 505. The quantitative estimate of drug-likeness (QED) is 0.865. The minimum Gasteiger partial charge on any atom is -0.347 e. The van der Waals surface area contributed by atoms with Gasteiger partial charge in [0.15, 0.2) is 5.82 Å². The van der Waals surface area contributed by atoms with Crippen molar-refractivity contribution in [3.63, 3.8) is 0 Å². The number of nitrogens with one attached hydrogen (secondary N) is 1. The van der Waals surface area contributed by atoms with Crippen LogP contribution in [-0.2, 0) is 21.9 Å². The molecule has 0 bridgehead atoms. The van der Waals surface area contributed by atoms with Crippen LogP contribution in [-0.4, -0.2) is 46.2 Å². The van der Waals surface area contributed by atoms with Crippen LogP contribution >= 0.6 is 11.8 Å². The summed E-state index contributed by atoms with van der Waals surface area (Å²) in [7, 11) is 0. The van der Waals surface area contributed by atoms with Crippen LogP contribution in [0.25, 0.3) is 0 Å². The maximum Gasteiger partial charge on any atom is 0.246 e. The van der Waals surface area contributed by atoms with Crippen molar-refractivity contribution in [3.8, 4) is 0 Å². The fourth-order valence-electron chi connectivity index (χ4n) is 2.33. The van der Waals surface area contributed by atoms with Crippen molar-refractivity contribution in [2.75, 3.05) is 19.3 Å². The van der Waals surface area contributed by atoms with Crippen LogP contribution in [0.3, 0.4) is 0 Å². The number of aromatic nitrogens is 2.